The van der Waals surface area contributed by atoms with E-state index in [1.54, 1.807) is 0 Å². The van der Waals surface area contributed by atoms with E-state index < -0.39 is 0 Å². The van der Waals surface area contributed by atoms with Crippen LogP contribution in [0, 0.1) is 11.8 Å². The lowest BCUT2D eigenvalue weighted by Crippen LogP contribution is -2.34. The molecule has 0 spiro atoms. The number of unbranched alkanes of at least 4 members (excludes halogenated alkanes) is 3. The van der Waals surface area contributed by atoms with Gasteiger partial charge in [0.2, 0.25) is 5.91 Å². The van der Waals surface area contributed by atoms with E-state index in [9.17, 15) is 4.79 Å². The van der Waals surface area contributed by atoms with Gasteiger partial charge in [-0.05, 0) is 18.3 Å². The number of alkyl halides is 1. The lowest BCUT2D eigenvalue weighted by atomic mass is 10.0. The molecule has 0 fully saturated rings. The van der Waals surface area contributed by atoms with Crippen molar-refractivity contribution in [3.8, 4) is 0 Å². The zero-order chi connectivity index (χ0) is 13.3. The van der Waals surface area contributed by atoms with Crippen molar-refractivity contribution >= 4 is 21.8 Å². The summed E-state index contributed by atoms with van der Waals surface area (Å²) in [7, 11) is 0. The molecule has 2 nitrogen and oxygen atoms in total. The molecular weight excluding hydrogens is 278 g/mol. The van der Waals surface area contributed by atoms with Crippen molar-refractivity contribution in [2.24, 2.45) is 11.8 Å². The molecule has 1 unspecified atom stereocenters. The van der Waals surface area contributed by atoms with Gasteiger partial charge in [0, 0.05) is 6.54 Å². The SMILES string of the molecule is CC(C)CCCCCCNC(=O)C(Br)C(C)C. The molecule has 0 aliphatic carbocycles. The number of amides is 1. The first-order chi connectivity index (χ1) is 7.95. The molecule has 1 N–H and O–H groups in total. The standard InChI is InChI=1S/C14H28BrNO/c1-11(2)9-7-5-6-8-10-16-14(17)13(15)12(3)4/h11-13H,5-10H2,1-4H3,(H,16,17). The van der Waals surface area contributed by atoms with E-state index in [-0.39, 0.29) is 10.7 Å². The summed E-state index contributed by atoms with van der Waals surface area (Å²) >= 11 is 3.41. The lowest BCUT2D eigenvalue weighted by Gasteiger charge is -2.13. The van der Waals surface area contributed by atoms with Crippen LogP contribution in [0.2, 0.25) is 0 Å². The molecule has 1 amide bonds. The van der Waals surface area contributed by atoms with Crippen molar-refractivity contribution in [2.45, 2.75) is 64.6 Å². The van der Waals surface area contributed by atoms with Crippen LogP contribution in [-0.4, -0.2) is 17.3 Å². The first-order valence-electron chi connectivity index (χ1n) is 6.87. The van der Waals surface area contributed by atoms with Crippen LogP contribution in [-0.2, 0) is 4.79 Å². The number of nitrogens with one attached hydrogen (secondary N) is 1. The molecule has 0 aromatic rings. The lowest BCUT2D eigenvalue weighted by molar-refractivity contribution is -0.121. The largest absolute Gasteiger partial charge is 0.355 e. The Bertz CT molecular complexity index is 204. The predicted molar refractivity (Wildman–Crippen MR) is 78.5 cm³/mol. The van der Waals surface area contributed by atoms with Gasteiger partial charge < -0.3 is 5.32 Å². The van der Waals surface area contributed by atoms with Gasteiger partial charge in [-0.25, -0.2) is 0 Å². The Kier molecular flexibility index (Phi) is 9.90. The molecule has 102 valence electrons. The molecule has 0 radical (unpaired) electrons. The minimum absolute atomic E-state index is 0.0524. The molecular formula is C14H28BrNO. The first-order valence-corrected chi connectivity index (χ1v) is 7.78. The van der Waals surface area contributed by atoms with Crippen LogP contribution in [0.1, 0.15) is 59.8 Å². The topological polar surface area (TPSA) is 29.1 Å². The van der Waals surface area contributed by atoms with Crippen LogP contribution in [0.4, 0.5) is 0 Å². The van der Waals surface area contributed by atoms with E-state index in [4.69, 9.17) is 0 Å². The molecule has 0 rings (SSSR count). The Morgan fingerprint density at radius 3 is 2.18 bits per heavy atom. The van der Waals surface area contributed by atoms with Crippen LogP contribution in [0.25, 0.3) is 0 Å². The summed E-state index contributed by atoms with van der Waals surface area (Å²) in [6.07, 6.45) is 6.25. The maximum Gasteiger partial charge on any atom is 0.234 e. The maximum absolute atomic E-state index is 11.6. The second-order valence-electron chi connectivity index (χ2n) is 5.53. The quantitative estimate of drug-likeness (QED) is 0.504. The van der Waals surface area contributed by atoms with E-state index in [2.05, 4.69) is 35.1 Å². The van der Waals surface area contributed by atoms with Crippen LogP contribution in [0.5, 0.6) is 0 Å². The molecule has 0 aliphatic heterocycles. The minimum atomic E-state index is -0.0524. The molecule has 1 atom stereocenters. The fourth-order valence-electron chi connectivity index (χ4n) is 1.64. The van der Waals surface area contributed by atoms with Crippen molar-refractivity contribution in [3.05, 3.63) is 0 Å². The highest BCUT2D eigenvalue weighted by atomic mass is 79.9. The number of halogens is 1. The maximum atomic E-state index is 11.6. The first kappa shape index (κ1) is 16.9. The Morgan fingerprint density at radius 1 is 1.06 bits per heavy atom. The second kappa shape index (κ2) is 9.93. The van der Waals surface area contributed by atoms with Gasteiger partial charge in [0.1, 0.15) is 0 Å². The molecule has 0 aromatic heterocycles. The van der Waals surface area contributed by atoms with Crippen molar-refractivity contribution < 1.29 is 4.79 Å². The summed E-state index contributed by atoms with van der Waals surface area (Å²) in [4.78, 5) is 11.6. The summed E-state index contributed by atoms with van der Waals surface area (Å²) in [5.41, 5.74) is 0. The van der Waals surface area contributed by atoms with E-state index in [0.29, 0.717) is 5.92 Å². The van der Waals surface area contributed by atoms with Gasteiger partial charge in [0.25, 0.3) is 0 Å². The number of rotatable bonds is 9. The van der Waals surface area contributed by atoms with Crippen molar-refractivity contribution in [2.75, 3.05) is 6.54 Å². The van der Waals surface area contributed by atoms with Gasteiger partial charge in [-0.15, -0.1) is 0 Å². The molecule has 0 aliphatic rings. The summed E-state index contributed by atoms with van der Waals surface area (Å²) in [5.74, 6) is 1.29. The third kappa shape index (κ3) is 9.63. The zero-order valence-electron chi connectivity index (χ0n) is 11.8. The van der Waals surface area contributed by atoms with E-state index in [1.165, 1.54) is 25.7 Å². The summed E-state index contributed by atoms with van der Waals surface area (Å²) in [5, 5.41) is 2.98. The smallest absolute Gasteiger partial charge is 0.234 e. The highest BCUT2D eigenvalue weighted by Gasteiger charge is 2.17. The molecule has 3 heteroatoms. The Balaban J connectivity index is 3.37. The van der Waals surface area contributed by atoms with Gasteiger partial charge >= 0.3 is 0 Å². The summed E-state index contributed by atoms with van der Waals surface area (Å²) in [6, 6.07) is 0. The van der Waals surface area contributed by atoms with Gasteiger partial charge in [0.05, 0.1) is 4.83 Å². The van der Waals surface area contributed by atoms with E-state index in [0.717, 1.165) is 18.9 Å². The zero-order valence-corrected chi connectivity index (χ0v) is 13.3. The van der Waals surface area contributed by atoms with Gasteiger partial charge in [-0.2, -0.15) is 0 Å². The van der Waals surface area contributed by atoms with Gasteiger partial charge in [-0.1, -0.05) is 69.3 Å². The number of hydrogen-bond donors (Lipinski definition) is 1. The fraction of sp³-hybridized carbons (Fsp3) is 0.929. The van der Waals surface area contributed by atoms with Crippen molar-refractivity contribution in [3.63, 3.8) is 0 Å². The summed E-state index contributed by atoms with van der Waals surface area (Å²) in [6.45, 7) is 9.44. The molecule has 0 saturated carbocycles. The van der Waals surface area contributed by atoms with Gasteiger partial charge in [0.15, 0.2) is 0 Å². The van der Waals surface area contributed by atoms with E-state index >= 15 is 0 Å². The van der Waals surface area contributed by atoms with Crippen LogP contribution in [0.3, 0.4) is 0 Å². The monoisotopic (exact) mass is 305 g/mol. The highest BCUT2D eigenvalue weighted by molar-refractivity contribution is 9.10. The number of carbonyl (C=O) groups excluding carboxylic acids is 1. The average Bonchev–Trinajstić information content (AvgIpc) is 2.25. The third-order valence-corrected chi connectivity index (χ3v) is 4.32. The molecule has 0 aromatic carbocycles. The summed E-state index contributed by atoms with van der Waals surface area (Å²) < 4.78 is 0. The average molecular weight is 306 g/mol. The third-order valence-electron chi connectivity index (χ3n) is 2.84. The van der Waals surface area contributed by atoms with Crippen LogP contribution < -0.4 is 5.32 Å². The second-order valence-corrected chi connectivity index (χ2v) is 6.52. The Hall–Kier alpha value is -0.0500. The highest BCUT2D eigenvalue weighted by Crippen LogP contribution is 2.12. The minimum Gasteiger partial charge on any atom is -0.355 e. The molecule has 0 heterocycles. The predicted octanol–water partition coefficient (Wildman–Crippen LogP) is 4.13. The van der Waals surface area contributed by atoms with Crippen molar-refractivity contribution in [1.82, 2.24) is 5.32 Å². The fourth-order valence-corrected chi connectivity index (χ4v) is 1.80. The molecule has 0 saturated heterocycles. The Morgan fingerprint density at radius 2 is 1.65 bits per heavy atom. The normalized spacial score (nSPS) is 13.1. The van der Waals surface area contributed by atoms with Gasteiger partial charge in [-0.3, -0.25) is 4.79 Å². The Labute approximate surface area is 115 Å². The van der Waals surface area contributed by atoms with Crippen LogP contribution >= 0.6 is 15.9 Å². The van der Waals surface area contributed by atoms with E-state index in [1.807, 2.05) is 13.8 Å². The van der Waals surface area contributed by atoms with Crippen molar-refractivity contribution in [1.29, 1.82) is 0 Å². The number of hydrogen-bond acceptors (Lipinski definition) is 1. The number of carbonyl (C=O) groups is 1. The molecule has 0 bridgehead atoms. The van der Waals surface area contributed by atoms with Crippen LogP contribution in [0.15, 0.2) is 0 Å². The molecule has 17 heavy (non-hydrogen) atoms.